The number of benzene rings is 1. The molecule has 3 aromatic rings. The van der Waals surface area contributed by atoms with Crippen LogP contribution in [-0.4, -0.2) is 59.9 Å². The molecule has 0 N–H and O–H groups in total. The number of hydrogen-bond donors (Lipinski definition) is 0. The minimum Gasteiger partial charge on any atom is -0.494 e. The van der Waals surface area contributed by atoms with Crippen molar-refractivity contribution in [3.63, 3.8) is 0 Å². The molecule has 1 unspecified atom stereocenters. The first-order valence-corrected chi connectivity index (χ1v) is 10.4. The van der Waals surface area contributed by atoms with Gasteiger partial charge in [0.2, 0.25) is 0 Å². The summed E-state index contributed by atoms with van der Waals surface area (Å²) in [6, 6.07) is 14.8. The summed E-state index contributed by atoms with van der Waals surface area (Å²) in [5.74, 6) is 2.89. The van der Waals surface area contributed by atoms with Crippen LogP contribution in [0.1, 0.15) is 13.8 Å². The van der Waals surface area contributed by atoms with Crippen molar-refractivity contribution in [1.82, 2.24) is 15.1 Å². The second kappa shape index (κ2) is 9.51. The van der Waals surface area contributed by atoms with E-state index in [0.29, 0.717) is 50.0 Å². The van der Waals surface area contributed by atoms with E-state index in [-0.39, 0.29) is 5.91 Å². The van der Waals surface area contributed by atoms with Gasteiger partial charge in [-0.1, -0.05) is 0 Å². The molecule has 1 saturated heterocycles. The molecule has 1 fully saturated rings. The molecule has 0 bridgehead atoms. The summed E-state index contributed by atoms with van der Waals surface area (Å²) < 4.78 is 16.6. The molecule has 0 spiro atoms. The molecule has 4 rings (SSSR count). The lowest BCUT2D eigenvalue weighted by atomic mass is 10.2. The summed E-state index contributed by atoms with van der Waals surface area (Å²) in [4.78, 5) is 16.8. The maximum absolute atomic E-state index is 12.8. The monoisotopic (exact) mass is 422 g/mol. The molecule has 0 radical (unpaired) electrons. The van der Waals surface area contributed by atoms with Gasteiger partial charge in [-0.25, -0.2) is 0 Å². The first kappa shape index (κ1) is 20.7. The number of anilines is 1. The van der Waals surface area contributed by atoms with Crippen LogP contribution in [0.2, 0.25) is 0 Å². The van der Waals surface area contributed by atoms with Crippen molar-refractivity contribution in [1.29, 1.82) is 0 Å². The Morgan fingerprint density at radius 1 is 1.03 bits per heavy atom. The number of ether oxygens (including phenoxy) is 2. The molecule has 0 aliphatic carbocycles. The van der Waals surface area contributed by atoms with Crippen LogP contribution in [0.5, 0.6) is 11.5 Å². The van der Waals surface area contributed by atoms with E-state index in [4.69, 9.17) is 13.9 Å². The average Bonchev–Trinajstić information content (AvgIpc) is 3.35. The normalized spacial score (nSPS) is 14.9. The lowest BCUT2D eigenvalue weighted by Gasteiger charge is -2.36. The van der Waals surface area contributed by atoms with Gasteiger partial charge in [0.05, 0.1) is 12.9 Å². The van der Waals surface area contributed by atoms with Crippen LogP contribution in [0.25, 0.3) is 11.5 Å². The molecule has 1 aliphatic rings. The highest BCUT2D eigenvalue weighted by molar-refractivity contribution is 5.81. The largest absolute Gasteiger partial charge is 0.494 e. The van der Waals surface area contributed by atoms with E-state index in [0.717, 1.165) is 11.6 Å². The molecule has 8 heteroatoms. The van der Waals surface area contributed by atoms with Crippen LogP contribution in [0.4, 0.5) is 5.82 Å². The molecule has 162 valence electrons. The lowest BCUT2D eigenvalue weighted by molar-refractivity contribution is -0.138. The summed E-state index contributed by atoms with van der Waals surface area (Å²) in [6.45, 7) is 6.93. The highest BCUT2D eigenvalue weighted by Crippen LogP contribution is 2.21. The third kappa shape index (κ3) is 4.96. The Bertz CT molecular complexity index is 966. The fourth-order valence-corrected chi connectivity index (χ4v) is 3.50. The Hall–Kier alpha value is -3.55. The Kier molecular flexibility index (Phi) is 6.35. The molecule has 1 amide bonds. The first-order valence-electron chi connectivity index (χ1n) is 10.4. The molecule has 8 nitrogen and oxygen atoms in total. The molecule has 1 aliphatic heterocycles. The molecule has 0 saturated carbocycles. The number of furan rings is 1. The highest BCUT2D eigenvalue weighted by Gasteiger charge is 2.26. The Morgan fingerprint density at radius 2 is 1.77 bits per heavy atom. The zero-order valence-corrected chi connectivity index (χ0v) is 17.7. The number of rotatable bonds is 7. The van der Waals surface area contributed by atoms with E-state index in [1.165, 1.54) is 0 Å². The minimum absolute atomic E-state index is 0.0206. The zero-order chi connectivity index (χ0) is 21.6. The number of hydrogen-bond acceptors (Lipinski definition) is 7. The Morgan fingerprint density at radius 3 is 2.39 bits per heavy atom. The summed E-state index contributed by atoms with van der Waals surface area (Å²) in [5, 5.41) is 8.57. The summed E-state index contributed by atoms with van der Waals surface area (Å²) in [6.07, 6.45) is 1.05. The SMILES string of the molecule is CCOc1ccc(OC(C)C(=O)N2CCN(c3ccc(-c4ccco4)nn3)CC2)cc1. The standard InChI is InChI=1S/C23H26N4O4/c1-3-29-18-6-8-19(9-7-18)31-17(2)23(28)27-14-12-26(13-15-27)22-11-10-20(24-25-22)21-5-4-16-30-21/h4-11,16-17H,3,12-15H2,1-2H3. The smallest absolute Gasteiger partial charge is 0.263 e. The molecular formula is C23H26N4O4. The van der Waals surface area contributed by atoms with Crippen LogP contribution in [-0.2, 0) is 4.79 Å². The van der Waals surface area contributed by atoms with Crippen LogP contribution in [0.15, 0.2) is 59.2 Å². The molecule has 1 aromatic carbocycles. The summed E-state index contributed by atoms with van der Waals surface area (Å²) >= 11 is 0. The predicted molar refractivity (Wildman–Crippen MR) is 116 cm³/mol. The van der Waals surface area contributed by atoms with Crippen molar-refractivity contribution in [3.8, 4) is 23.0 Å². The maximum Gasteiger partial charge on any atom is 0.263 e. The van der Waals surface area contributed by atoms with Gasteiger partial charge in [-0.2, -0.15) is 0 Å². The van der Waals surface area contributed by atoms with E-state index in [9.17, 15) is 4.79 Å². The molecule has 2 aromatic heterocycles. The quantitative estimate of drug-likeness (QED) is 0.578. The number of carbonyl (C=O) groups excluding carboxylic acids is 1. The van der Waals surface area contributed by atoms with Gasteiger partial charge in [0.15, 0.2) is 17.7 Å². The van der Waals surface area contributed by atoms with E-state index < -0.39 is 6.10 Å². The number of aromatic nitrogens is 2. The van der Waals surface area contributed by atoms with Gasteiger partial charge in [-0.15, -0.1) is 10.2 Å². The fraction of sp³-hybridized carbons (Fsp3) is 0.348. The third-order valence-electron chi connectivity index (χ3n) is 5.13. The second-order valence-electron chi connectivity index (χ2n) is 7.23. The average molecular weight is 422 g/mol. The van der Waals surface area contributed by atoms with Crippen molar-refractivity contribution < 1.29 is 18.7 Å². The number of carbonyl (C=O) groups is 1. The van der Waals surface area contributed by atoms with Crippen molar-refractivity contribution >= 4 is 11.7 Å². The summed E-state index contributed by atoms with van der Waals surface area (Å²) in [7, 11) is 0. The summed E-state index contributed by atoms with van der Waals surface area (Å²) in [5.41, 5.74) is 0.697. The first-order chi connectivity index (χ1) is 15.1. The van der Waals surface area contributed by atoms with Gasteiger partial charge in [0, 0.05) is 26.2 Å². The van der Waals surface area contributed by atoms with Gasteiger partial charge in [-0.3, -0.25) is 4.79 Å². The van der Waals surface area contributed by atoms with Crippen LogP contribution < -0.4 is 14.4 Å². The van der Waals surface area contributed by atoms with Crippen LogP contribution in [0, 0.1) is 0 Å². The molecule has 31 heavy (non-hydrogen) atoms. The van der Waals surface area contributed by atoms with Crippen molar-refractivity contribution in [2.45, 2.75) is 20.0 Å². The van der Waals surface area contributed by atoms with Crippen molar-refractivity contribution in [3.05, 3.63) is 54.8 Å². The lowest BCUT2D eigenvalue weighted by Crippen LogP contribution is -2.52. The molecule has 1 atom stereocenters. The molecule has 3 heterocycles. The number of piperazine rings is 1. The predicted octanol–water partition coefficient (Wildman–Crippen LogP) is 3.25. The van der Waals surface area contributed by atoms with E-state index in [1.54, 1.807) is 13.2 Å². The highest BCUT2D eigenvalue weighted by atomic mass is 16.5. The van der Waals surface area contributed by atoms with Crippen molar-refractivity contribution in [2.75, 3.05) is 37.7 Å². The van der Waals surface area contributed by atoms with Gasteiger partial charge < -0.3 is 23.7 Å². The van der Waals surface area contributed by atoms with Gasteiger partial charge >= 0.3 is 0 Å². The number of amides is 1. The Labute approximate surface area is 181 Å². The minimum atomic E-state index is -0.558. The van der Waals surface area contributed by atoms with Gasteiger partial charge in [0.25, 0.3) is 5.91 Å². The van der Waals surface area contributed by atoms with Crippen LogP contribution >= 0.6 is 0 Å². The zero-order valence-electron chi connectivity index (χ0n) is 17.7. The fourth-order valence-electron chi connectivity index (χ4n) is 3.50. The van der Waals surface area contributed by atoms with Crippen LogP contribution in [0.3, 0.4) is 0 Å². The van der Waals surface area contributed by atoms with E-state index in [2.05, 4.69) is 15.1 Å². The van der Waals surface area contributed by atoms with Crippen molar-refractivity contribution in [2.24, 2.45) is 0 Å². The Balaban J connectivity index is 1.29. The van der Waals surface area contributed by atoms with Gasteiger partial charge in [-0.05, 0) is 62.4 Å². The molecular weight excluding hydrogens is 396 g/mol. The topological polar surface area (TPSA) is 80.9 Å². The van der Waals surface area contributed by atoms with E-state index in [1.807, 2.05) is 60.4 Å². The van der Waals surface area contributed by atoms with Gasteiger partial charge in [0.1, 0.15) is 17.2 Å². The second-order valence-corrected chi connectivity index (χ2v) is 7.23. The van der Waals surface area contributed by atoms with E-state index >= 15 is 0 Å². The number of nitrogens with zero attached hydrogens (tertiary/aromatic N) is 4. The maximum atomic E-state index is 12.8. The third-order valence-corrected chi connectivity index (χ3v) is 5.13.